The number of rotatable bonds is 6. The lowest BCUT2D eigenvalue weighted by atomic mass is 10.2. The van der Waals surface area contributed by atoms with Crippen molar-refractivity contribution in [2.24, 2.45) is 5.73 Å². The second-order valence-corrected chi connectivity index (χ2v) is 5.44. The number of thioether (sulfide) groups is 1. The Morgan fingerprint density at radius 1 is 0.778 bits per heavy atom. The van der Waals surface area contributed by atoms with Gasteiger partial charge in [-0.2, -0.15) is 0 Å². The Balaban J connectivity index is 1.80. The molecule has 0 radical (unpaired) electrons. The van der Waals surface area contributed by atoms with Crippen molar-refractivity contribution in [3.8, 4) is 0 Å². The summed E-state index contributed by atoms with van der Waals surface area (Å²) in [6.07, 6.45) is 2.09. The molecule has 0 aliphatic heterocycles. The van der Waals surface area contributed by atoms with E-state index in [4.69, 9.17) is 5.73 Å². The van der Waals surface area contributed by atoms with E-state index in [1.807, 2.05) is 11.8 Å². The molecule has 0 fully saturated rings. The molecule has 18 heavy (non-hydrogen) atoms. The summed E-state index contributed by atoms with van der Waals surface area (Å²) in [4.78, 5) is 1.34. The Labute approximate surface area is 113 Å². The molecule has 2 heteroatoms. The molecule has 0 aliphatic rings. The van der Waals surface area contributed by atoms with E-state index < -0.39 is 0 Å². The third kappa shape index (κ3) is 4.21. The molecule has 0 heterocycles. The van der Waals surface area contributed by atoms with Crippen molar-refractivity contribution in [3.63, 3.8) is 0 Å². The Morgan fingerprint density at radius 2 is 1.44 bits per heavy atom. The monoisotopic (exact) mass is 257 g/mol. The molecule has 2 rings (SSSR count). The molecule has 0 aliphatic carbocycles. The van der Waals surface area contributed by atoms with Gasteiger partial charge in [-0.05, 0) is 42.6 Å². The van der Waals surface area contributed by atoms with Crippen LogP contribution in [-0.4, -0.2) is 12.3 Å². The van der Waals surface area contributed by atoms with Gasteiger partial charge in [-0.15, -0.1) is 11.8 Å². The minimum atomic E-state index is 0.723. The van der Waals surface area contributed by atoms with Crippen molar-refractivity contribution in [2.75, 3.05) is 12.3 Å². The summed E-state index contributed by atoms with van der Waals surface area (Å²) in [6.45, 7) is 0.723. The average Bonchev–Trinajstić information content (AvgIpc) is 2.42. The first-order valence-electron chi connectivity index (χ1n) is 6.34. The maximum absolute atomic E-state index is 5.54. The first-order valence-corrected chi connectivity index (χ1v) is 7.33. The van der Waals surface area contributed by atoms with Crippen LogP contribution in [0.15, 0.2) is 59.5 Å². The largest absolute Gasteiger partial charge is 0.330 e. The maximum atomic E-state index is 5.54. The van der Waals surface area contributed by atoms with Crippen molar-refractivity contribution < 1.29 is 0 Å². The van der Waals surface area contributed by atoms with Gasteiger partial charge in [-0.25, -0.2) is 0 Å². The first kappa shape index (κ1) is 13.2. The lowest BCUT2D eigenvalue weighted by Crippen LogP contribution is -2.02. The SMILES string of the molecule is NCCc1ccc(SCCc2ccccc2)cc1. The molecule has 0 atom stereocenters. The van der Waals surface area contributed by atoms with E-state index in [-0.39, 0.29) is 0 Å². The van der Waals surface area contributed by atoms with Gasteiger partial charge in [0.1, 0.15) is 0 Å². The van der Waals surface area contributed by atoms with Gasteiger partial charge < -0.3 is 5.73 Å². The summed E-state index contributed by atoms with van der Waals surface area (Å²) in [6, 6.07) is 19.4. The molecule has 2 N–H and O–H groups in total. The fourth-order valence-corrected chi connectivity index (χ4v) is 2.75. The molecule has 0 bridgehead atoms. The average molecular weight is 257 g/mol. The van der Waals surface area contributed by atoms with Crippen LogP contribution in [0, 0.1) is 0 Å². The highest BCUT2D eigenvalue weighted by Gasteiger charge is 1.96. The number of hydrogen-bond donors (Lipinski definition) is 1. The molecule has 94 valence electrons. The van der Waals surface area contributed by atoms with Gasteiger partial charge in [0.2, 0.25) is 0 Å². The number of hydrogen-bond acceptors (Lipinski definition) is 2. The van der Waals surface area contributed by atoms with Gasteiger partial charge in [0.05, 0.1) is 0 Å². The van der Waals surface area contributed by atoms with Gasteiger partial charge in [0, 0.05) is 10.6 Å². The Morgan fingerprint density at radius 3 is 2.11 bits per heavy atom. The number of nitrogens with two attached hydrogens (primary N) is 1. The molecular formula is C16H19NS. The van der Waals surface area contributed by atoms with Gasteiger partial charge >= 0.3 is 0 Å². The summed E-state index contributed by atoms with van der Waals surface area (Å²) in [5.74, 6) is 1.13. The third-order valence-corrected chi connectivity index (χ3v) is 3.87. The van der Waals surface area contributed by atoms with E-state index >= 15 is 0 Å². The van der Waals surface area contributed by atoms with Gasteiger partial charge in [0.25, 0.3) is 0 Å². The van der Waals surface area contributed by atoms with Crippen LogP contribution < -0.4 is 5.73 Å². The second kappa shape index (κ2) is 7.24. The quantitative estimate of drug-likeness (QED) is 0.801. The van der Waals surface area contributed by atoms with Crippen LogP contribution in [0.25, 0.3) is 0 Å². The number of benzene rings is 2. The third-order valence-electron chi connectivity index (χ3n) is 2.86. The van der Waals surface area contributed by atoms with E-state index in [9.17, 15) is 0 Å². The highest BCUT2D eigenvalue weighted by atomic mass is 32.2. The Kier molecular flexibility index (Phi) is 5.31. The van der Waals surface area contributed by atoms with Gasteiger partial charge in [-0.3, -0.25) is 0 Å². The molecule has 0 aromatic heterocycles. The van der Waals surface area contributed by atoms with Gasteiger partial charge in [0.15, 0.2) is 0 Å². The summed E-state index contributed by atoms with van der Waals surface area (Å²) in [5.41, 5.74) is 8.27. The predicted molar refractivity (Wildman–Crippen MR) is 80.1 cm³/mol. The van der Waals surface area contributed by atoms with E-state index in [0.717, 1.165) is 25.1 Å². The molecule has 0 amide bonds. The van der Waals surface area contributed by atoms with Crippen molar-refractivity contribution in [1.29, 1.82) is 0 Å². The van der Waals surface area contributed by atoms with E-state index in [1.165, 1.54) is 16.0 Å². The van der Waals surface area contributed by atoms with Crippen LogP contribution >= 0.6 is 11.8 Å². The van der Waals surface area contributed by atoms with E-state index in [1.54, 1.807) is 0 Å². The molecule has 0 saturated carbocycles. The zero-order chi connectivity index (χ0) is 12.6. The first-order chi connectivity index (χ1) is 8.88. The van der Waals surface area contributed by atoms with Crippen LogP contribution in [0.2, 0.25) is 0 Å². The standard InChI is InChI=1S/C16H19NS/c17-12-10-15-6-8-16(9-7-15)18-13-11-14-4-2-1-3-5-14/h1-9H,10-13,17H2. The fraction of sp³-hybridized carbons (Fsp3) is 0.250. The van der Waals surface area contributed by atoms with Gasteiger partial charge in [-0.1, -0.05) is 42.5 Å². The van der Waals surface area contributed by atoms with Crippen LogP contribution in [0.5, 0.6) is 0 Å². The van der Waals surface area contributed by atoms with Crippen LogP contribution in [0.1, 0.15) is 11.1 Å². The summed E-state index contributed by atoms with van der Waals surface area (Å²) in [5, 5.41) is 0. The normalized spacial score (nSPS) is 10.5. The lowest BCUT2D eigenvalue weighted by Gasteiger charge is -2.04. The molecule has 1 nitrogen and oxygen atoms in total. The fourth-order valence-electron chi connectivity index (χ4n) is 1.85. The highest BCUT2D eigenvalue weighted by molar-refractivity contribution is 7.99. The maximum Gasteiger partial charge on any atom is 0.00722 e. The molecule has 0 unspecified atom stereocenters. The molecule has 0 saturated heterocycles. The summed E-state index contributed by atoms with van der Waals surface area (Å²) < 4.78 is 0. The lowest BCUT2D eigenvalue weighted by molar-refractivity contribution is 0.966. The minimum absolute atomic E-state index is 0.723. The van der Waals surface area contributed by atoms with Crippen molar-refractivity contribution in [1.82, 2.24) is 0 Å². The van der Waals surface area contributed by atoms with E-state index in [0.29, 0.717) is 0 Å². The smallest absolute Gasteiger partial charge is 0.00722 e. The van der Waals surface area contributed by atoms with Crippen molar-refractivity contribution >= 4 is 11.8 Å². The topological polar surface area (TPSA) is 26.0 Å². The zero-order valence-electron chi connectivity index (χ0n) is 10.5. The molecule has 2 aromatic rings. The minimum Gasteiger partial charge on any atom is -0.330 e. The molecule has 0 spiro atoms. The van der Waals surface area contributed by atoms with Crippen LogP contribution in [0.4, 0.5) is 0 Å². The van der Waals surface area contributed by atoms with Crippen LogP contribution in [0.3, 0.4) is 0 Å². The molecule has 2 aromatic carbocycles. The van der Waals surface area contributed by atoms with E-state index in [2.05, 4.69) is 54.6 Å². The molecular weight excluding hydrogens is 238 g/mol. The highest BCUT2D eigenvalue weighted by Crippen LogP contribution is 2.19. The Bertz CT molecular complexity index is 450. The van der Waals surface area contributed by atoms with Crippen molar-refractivity contribution in [3.05, 3.63) is 65.7 Å². The Hall–Kier alpha value is -1.25. The second-order valence-electron chi connectivity index (χ2n) is 4.27. The van der Waals surface area contributed by atoms with Crippen LogP contribution in [-0.2, 0) is 12.8 Å². The summed E-state index contributed by atoms with van der Waals surface area (Å²) in [7, 11) is 0. The summed E-state index contributed by atoms with van der Waals surface area (Å²) >= 11 is 1.91. The zero-order valence-corrected chi connectivity index (χ0v) is 11.3. The number of aryl methyl sites for hydroxylation is 1. The predicted octanol–water partition coefficient (Wildman–Crippen LogP) is 3.52. The van der Waals surface area contributed by atoms with Crippen molar-refractivity contribution in [2.45, 2.75) is 17.7 Å².